The average Bonchev–Trinajstić information content (AvgIpc) is 2.69. The van der Waals surface area contributed by atoms with Gasteiger partial charge in [-0.3, -0.25) is 9.59 Å². The van der Waals surface area contributed by atoms with E-state index in [2.05, 4.69) is 10.3 Å². The Morgan fingerprint density at radius 3 is 2.60 bits per heavy atom. The molecule has 0 radical (unpaired) electrons. The van der Waals surface area contributed by atoms with Crippen molar-refractivity contribution in [3.8, 4) is 0 Å². The third kappa shape index (κ3) is 4.36. The fraction of sp³-hybridized carbons (Fsp3) is 0.273. The molecular formula is C22H22ClN3O4. The molecule has 2 aromatic heterocycles. The van der Waals surface area contributed by atoms with Gasteiger partial charge in [0.05, 0.1) is 16.1 Å². The van der Waals surface area contributed by atoms with Crippen molar-refractivity contribution in [1.82, 2.24) is 9.55 Å². The summed E-state index contributed by atoms with van der Waals surface area (Å²) < 4.78 is 6.79. The number of anilines is 1. The second-order valence-corrected chi connectivity index (χ2v) is 7.45. The molecule has 8 heteroatoms. The molecule has 7 nitrogen and oxygen atoms in total. The molecular weight excluding hydrogens is 406 g/mol. The van der Waals surface area contributed by atoms with Crippen molar-refractivity contribution in [1.29, 1.82) is 0 Å². The average molecular weight is 428 g/mol. The van der Waals surface area contributed by atoms with Crippen molar-refractivity contribution in [3.63, 3.8) is 0 Å². The van der Waals surface area contributed by atoms with E-state index in [0.717, 1.165) is 16.8 Å². The van der Waals surface area contributed by atoms with E-state index in [1.807, 2.05) is 33.8 Å². The van der Waals surface area contributed by atoms with Gasteiger partial charge in [0.15, 0.2) is 6.61 Å². The maximum Gasteiger partial charge on any atom is 0.344 e. The maximum atomic E-state index is 12.7. The van der Waals surface area contributed by atoms with Crippen LogP contribution in [0.5, 0.6) is 0 Å². The number of pyridine rings is 2. The minimum Gasteiger partial charge on any atom is -0.452 e. The molecule has 0 aliphatic heterocycles. The third-order valence-corrected chi connectivity index (χ3v) is 4.95. The van der Waals surface area contributed by atoms with Crippen LogP contribution in [0, 0.1) is 20.8 Å². The van der Waals surface area contributed by atoms with Crippen LogP contribution < -0.4 is 10.7 Å². The normalized spacial score (nSPS) is 10.8. The molecule has 0 saturated heterocycles. The zero-order valence-electron chi connectivity index (χ0n) is 17.2. The van der Waals surface area contributed by atoms with Gasteiger partial charge in [0.1, 0.15) is 11.2 Å². The van der Waals surface area contributed by atoms with E-state index in [1.165, 1.54) is 6.20 Å². The van der Waals surface area contributed by atoms with Crippen LogP contribution in [-0.2, 0) is 16.1 Å². The number of nitrogens with zero attached hydrogens (tertiary/aromatic N) is 2. The Kier molecular flexibility index (Phi) is 6.22. The molecule has 0 aliphatic carbocycles. The molecule has 0 saturated carbocycles. The number of hydrogen-bond acceptors (Lipinski definition) is 5. The SMILES string of the molecule is CCn1cc(C(=O)OCC(=O)Nc2c(C)cc(C)cc2Cl)c(=O)c2ccc(C)nc21. The lowest BCUT2D eigenvalue weighted by Crippen LogP contribution is -2.25. The lowest BCUT2D eigenvalue weighted by atomic mass is 10.1. The van der Waals surface area contributed by atoms with Crippen LogP contribution in [-0.4, -0.2) is 28.0 Å². The molecule has 1 amide bonds. The van der Waals surface area contributed by atoms with Crippen LogP contribution in [0.15, 0.2) is 35.3 Å². The molecule has 156 valence electrons. The number of esters is 1. The Hall–Kier alpha value is -3.19. The van der Waals surface area contributed by atoms with Gasteiger partial charge in [-0.15, -0.1) is 0 Å². The summed E-state index contributed by atoms with van der Waals surface area (Å²) in [5.74, 6) is -1.42. The lowest BCUT2D eigenvalue weighted by molar-refractivity contribution is -0.119. The first-order valence-corrected chi connectivity index (χ1v) is 9.83. The number of carbonyl (C=O) groups is 2. The van der Waals surface area contributed by atoms with Crippen molar-refractivity contribution in [3.05, 3.63) is 68.1 Å². The van der Waals surface area contributed by atoms with E-state index in [1.54, 1.807) is 22.8 Å². The number of halogens is 1. The van der Waals surface area contributed by atoms with Gasteiger partial charge < -0.3 is 14.6 Å². The molecule has 0 unspecified atom stereocenters. The smallest absolute Gasteiger partial charge is 0.344 e. The molecule has 0 fully saturated rings. The second-order valence-electron chi connectivity index (χ2n) is 7.04. The molecule has 0 bridgehead atoms. The number of rotatable bonds is 5. The second kappa shape index (κ2) is 8.67. The summed E-state index contributed by atoms with van der Waals surface area (Å²) >= 11 is 6.19. The van der Waals surface area contributed by atoms with Crippen LogP contribution in [0.4, 0.5) is 5.69 Å². The summed E-state index contributed by atoms with van der Waals surface area (Å²) in [6.07, 6.45) is 1.42. The van der Waals surface area contributed by atoms with Gasteiger partial charge in [-0.05, 0) is 57.0 Å². The fourth-order valence-corrected chi connectivity index (χ4v) is 3.57. The minimum absolute atomic E-state index is 0.146. The highest BCUT2D eigenvalue weighted by Crippen LogP contribution is 2.27. The van der Waals surface area contributed by atoms with Gasteiger partial charge in [-0.25, -0.2) is 9.78 Å². The van der Waals surface area contributed by atoms with Crippen molar-refractivity contribution in [2.45, 2.75) is 34.2 Å². The predicted octanol–water partition coefficient (Wildman–Crippen LogP) is 3.79. The van der Waals surface area contributed by atoms with Crippen LogP contribution in [0.25, 0.3) is 11.0 Å². The number of fused-ring (bicyclic) bond motifs is 1. The van der Waals surface area contributed by atoms with Crippen LogP contribution in [0.1, 0.15) is 34.1 Å². The predicted molar refractivity (Wildman–Crippen MR) is 116 cm³/mol. The van der Waals surface area contributed by atoms with Gasteiger partial charge in [0, 0.05) is 18.4 Å². The zero-order valence-corrected chi connectivity index (χ0v) is 18.0. The molecule has 1 N–H and O–H groups in total. The number of carbonyl (C=O) groups excluding carboxylic acids is 2. The highest BCUT2D eigenvalue weighted by molar-refractivity contribution is 6.34. The maximum absolute atomic E-state index is 12.7. The Balaban J connectivity index is 1.79. The molecule has 3 rings (SSSR count). The lowest BCUT2D eigenvalue weighted by Gasteiger charge is -2.13. The van der Waals surface area contributed by atoms with E-state index in [4.69, 9.17) is 16.3 Å². The molecule has 1 aromatic carbocycles. The first-order chi connectivity index (χ1) is 14.2. The zero-order chi connectivity index (χ0) is 22.0. The van der Waals surface area contributed by atoms with Crippen molar-refractivity contribution < 1.29 is 14.3 Å². The highest BCUT2D eigenvalue weighted by atomic mass is 35.5. The third-order valence-electron chi connectivity index (χ3n) is 4.65. The Labute approximate surface area is 178 Å². The first kappa shape index (κ1) is 21.5. The topological polar surface area (TPSA) is 90.3 Å². The quantitative estimate of drug-likeness (QED) is 0.625. The van der Waals surface area contributed by atoms with Crippen molar-refractivity contribution in [2.24, 2.45) is 0 Å². The van der Waals surface area contributed by atoms with Gasteiger partial charge in [-0.2, -0.15) is 0 Å². The molecule has 3 aromatic rings. The number of benzene rings is 1. The fourth-order valence-electron chi connectivity index (χ4n) is 3.20. The van der Waals surface area contributed by atoms with E-state index in [-0.39, 0.29) is 5.56 Å². The summed E-state index contributed by atoms with van der Waals surface area (Å²) in [5.41, 5.74) is 2.86. The Bertz CT molecular complexity index is 1190. The highest BCUT2D eigenvalue weighted by Gasteiger charge is 2.19. The van der Waals surface area contributed by atoms with Crippen LogP contribution >= 0.6 is 11.6 Å². The van der Waals surface area contributed by atoms with Crippen LogP contribution in [0.3, 0.4) is 0 Å². The number of aryl methyl sites for hydroxylation is 4. The summed E-state index contributed by atoms with van der Waals surface area (Å²) in [4.78, 5) is 41.9. The molecule has 2 heterocycles. The molecule has 0 atom stereocenters. The number of hydrogen-bond donors (Lipinski definition) is 1. The minimum atomic E-state index is -0.869. The molecule has 30 heavy (non-hydrogen) atoms. The largest absolute Gasteiger partial charge is 0.452 e. The number of aromatic nitrogens is 2. The Morgan fingerprint density at radius 2 is 1.93 bits per heavy atom. The molecule has 0 aliphatic rings. The van der Waals surface area contributed by atoms with Gasteiger partial charge in [-0.1, -0.05) is 17.7 Å². The van der Waals surface area contributed by atoms with Gasteiger partial charge in [0.25, 0.3) is 5.91 Å². The first-order valence-electron chi connectivity index (χ1n) is 9.45. The van der Waals surface area contributed by atoms with E-state index in [0.29, 0.717) is 28.3 Å². The summed E-state index contributed by atoms with van der Waals surface area (Å²) in [6.45, 7) is 7.39. The van der Waals surface area contributed by atoms with Crippen molar-refractivity contribution >= 4 is 40.2 Å². The summed E-state index contributed by atoms with van der Waals surface area (Å²) in [5, 5.41) is 3.37. The van der Waals surface area contributed by atoms with Gasteiger partial charge >= 0.3 is 5.97 Å². The van der Waals surface area contributed by atoms with Crippen LogP contribution in [0.2, 0.25) is 5.02 Å². The van der Waals surface area contributed by atoms with E-state index < -0.39 is 23.9 Å². The van der Waals surface area contributed by atoms with Gasteiger partial charge in [0.2, 0.25) is 5.43 Å². The van der Waals surface area contributed by atoms with Crippen molar-refractivity contribution in [2.75, 3.05) is 11.9 Å². The summed E-state index contributed by atoms with van der Waals surface area (Å²) in [6, 6.07) is 6.96. The number of ether oxygens (including phenoxy) is 1. The number of nitrogens with one attached hydrogen (secondary N) is 1. The standard InChI is InChI=1S/C22H22ClN3O4/c1-5-26-10-16(20(28)15-7-6-14(4)24-21(15)26)22(29)30-11-18(27)25-19-13(3)8-12(2)9-17(19)23/h6-10H,5,11H2,1-4H3,(H,25,27). The monoisotopic (exact) mass is 427 g/mol. The number of amides is 1. The van der Waals surface area contributed by atoms with E-state index in [9.17, 15) is 14.4 Å². The van der Waals surface area contributed by atoms with E-state index >= 15 is 0 Å². The molecule has 0 spiro atoms. The Morgan fingerprint density at radius 1 is 1.20 bits per heavy atom. The summed E-state index contributed by atoms with van der Waals surface area (Å²) in [7, 11) is 0.